The maximum atomic E-state index is 8.73. The minimum Gasteiger partial charge on any atom is -0.198 e. The highest BCUT2D eigenvalue weighted by atomic mass is 14.3. The monoisotopic (exact) mass is 147 g/mol. The Balaban J connectivity index is 2.11. The second-order valence-corrected chi connectivity index (χ2v) is 3.67. The van der Waals surface area contributed by atoms with Crippen LogP contribution in [0.25, 0.3) is 0 Å². The van der Waals surface area contributed by atoms with Crippen molar-refractivity contribution < 1.29 is 0 Å². The molecule has 0 aliphatic heterocycles. The smallest absolute Gasteiger partial charge is 0.0659 e. The number of hydrogen-bond donors (Lipinski definition) is 0. The predicted octanol–water partition coefficient (Wildman–Crippen LogP) is 2.65. The van der Waals surface area contributed by atoms with E-state index < -0.39 is 0 Å². The van der Waals surface area contributed by atoms with E-state index in [1.807, 2.05) is 0 Å². The van der Waals surface area contributed by atoms with E-state index in [1.54, 1.807) is 5.57 Å². The van der Waals surface area contributed by atoms with Gasteiger partial charge in [-0.2, -0.15) is 5.26 Å². The van der Waals surface area contributed by atoms with Crippen molar-refractivity contribution in [2.75, 3.05) is 0 Å². The second-order valence-electron chi connectivity index (χ2n) is 3.67. The molecular formula is C10H13N. The Bertz CT molecular complexity index is 222. The fourth-order valence-electron chi connectivity index (χ4n) is 2.32. The molecule has 0 aromatic heterocycles. The molecule has 0 spiro atoms. The van der Waals surface area contributed by atoms with Crippen LogP contribution in [0.4, 0.5) is 0 Å². The number of rotatable bonds is 0. The van der Waals surface area contributed by atoms with Crippen molar-refractivity contribution in [3.05, 3.63) is 11.6 Å². The minimum absolute atomic E-state index is 0.321. The highest BCUT2D eigenvalue weighted by Gasteiger charge is 2.27. The molecule has 2 unspecified atom stereocenters. The molecule has 1 saturated carbocycles. The van der Waals surface area contributed by atoms with E-state index in [-0.39, 0.29) is 0 Å². The van der Waals surface area contributed by atoms with Gasteiger partial charge in [-0.05, 0) is 38.0 Å². The lowest BCUT2D eigenvalue weighted by atomic mass is 9.83. The Kier molecular flexibility index (Phi) is 1.69. The standard InChI is InChI=1S/C10H13N/c11-7-8-4-5-9-2-1-3-10(9)6-8/h5,8,10H,1-4,6H2. The molecule has 2 aliphatic rings. The van der Waals surface area contributed by atoms with Crippen molar-refractivity contribution in [1.29, 1.82) is 5.26 Å². The first-order chi connectivity index (χ1) is 5.40. The van der Waals surface area contributed by atoms with Crippen LogP contribution in [0.5, 0.6) is 0 Å². The number of nitriles is 1. The number of fused-ring (bicyclic) bond motifs is 1. The van der Waals surface area contributed by atoms with Crippen LogP contribution in [0.2, 0.25) is 0 Å². The van der Waals surface area contributed by atoms with Crippen LogP contribution in [-0.2, 0) is 0 Å². The van der Waals surface area contributed by atoms with Crippen molar-refractivity contribution in [3.63, 3.8) is 0 Å². The normalized spacial score (nSPS) is 35.7. The van der Waals surface area contributed by atoms with Crippen LogP contribution in [0.3, 0.4) is 0 Å². The lowest BCUT2D eigenvalue weighted by Crippen LogP contribution is -2.10. The first-order valence-electron chi connectivity index (χ1n) is 4.48. The average Bonchev–Trinajstić information content (AvgIpc) is 2.50. The van der Waals surface area contributed by atoms with Gasteiger partial charge in [0, 0.05) is 0 Å². The zero-order valence-electron chi connectivity index (χ0n) is 6.71. The molecule has 2 rings (SSSR count). The third-order valence-corrected chi connectivity index (χ3v) is 2.96. The molecule has 0 N–H and O–H groups in total. The summed E-state index contributed by atoms with van der Waals surface area (Å²) in [5, 5.41) is 8.73. The van der Waals surface area contributed by atoms with Crippen molar-refractivity contribution in [2.45, 2.75) is 32.1 Å². The molecule has 2 atom stereocenters. The zero-order valence-corrected chi connectivity index (χ0v) is 6.71. The van der Waals surface area contributed by atoms with Gasteiger partial charge in [-0.1, -0.05) is 11.6 Å². The quantitative estimate of drug-likeness (QED) is 0.483. The van der Waals surface area contributed by atoms with E-state index in [1.165, 1.54) is 19.3 Å². The maximum absolute atomic E-state index is 8.73. The minimum atomic E-state index is 0.321. The molecule has 11 heavy (non-hydrogen) atoms. The van der Waals surface area contributed by atoms with Gasteiger partial charge in [-0.15, -0.1) is 0 Å². The van der Waals surface area contributed by atoms with Gasteiger partial charge in [0.1, 0.15) is 0 Å². The van der Waals surface area contributed by atoms with Crippen molar-refractivity contribution in [3.8, 4) is 6.07 Å². The topological polar surface area (TPSA) is 23.8 Å². The Morgan fingerprint density at radius 2 is 2.45 bits per heavy atom. The number of hydrogen-bond acceptors (Lipinski definition) is 1. The van der Waals surface area contributed by atoms with E-state index in [2.05, 4.69) is 12.1 Å². The molecule has 0 radical (unpaired) electrons. The molecule has 0 aromatic carbocycles. The average molecular weight is 147 g/mol. The highest BCUT2D eigenvalue weighted by molar-refractivity contribution is 5.16. The summed E-state index contributed by atoms with van der Waals surface area (Å²) in [7, 11) is 0. The van der Waals surface area contributed by atoms with Crippen LogP contribution in [0.15, 0.2) is 11.6 Å². The van der Waals surface area contributed by atoms with Gasteiger partial charge in [-0.3, -0.25) is 0 Å². The summed E-state index contributed by atoms with van der Waals surface area (Å²) in [5.74, 6) is 1.11. The van der Waals surface area contributed by atoms with E-state index in [0.717, 1.165) is 18.8 Å². The maximum Gasteiger partial charge on any atom is 0.0659 e. The van der Waals surface area contributed by atoms with E-state index >= 15 is 0 Å². The Labute approximate surface area is 67.7 Å². The summed E-state index contributed by atoms with van der Waals surface area (Å²) in [5.41, 5.74) is 1.65. The summed E-state index contributed by atoms with van der Waals surface area (Å²) >= 11 is 0. The molecule has 0 bridgehead atoms. The summed E-state index contributed by atoms with van der Waals surface area (Å²) < 4.78 is 0. The van der Waals surface area contributed by atoms with Gasteiger partial charge in [0.2, 0.25) is 0 Å². The fourth-order valence-corrected chi connectivity index (χ4v) is 2.32. The Morgan fingerprint density at radius 1 is 1.55 bits per heavy atom. The van der Waals surface area contributed by atoms with Gasteiger partial charge >= 0.3 is 0 Å². The van der Waals surface area contributed by atoms with Crippen molar-refractivity contribution >= 4 is 0 Å². The lowest BCUT2D eigenvalue weighted by molar-refractivity contribution is 0.458. The van der Waals surface area contributed by atoms with Crippen LogP contribution in [0.1, 0.15) is 32.1 Å². The molecule has 1 nitrogen and oxygen atoms in total. The third-order valence-electron chi connectivity index (χ3n) is 2.96. The predicted molar refractivity (Wildman–Crippen MR) is 43.8 cm³/mol. The van der Waals surface area contributed by atoms with Gasteiger partial charge in [0.05, 0.1) is 12.0 Å². The molecule has 0 aromatic rings. The first-order valence-corrected chi connectivity index (χ1v) is 4.48. The fraction of sp³-hybridized carbons (Fsp3) is 0.700. The highest BCUT2D eigenvalue weighted by Crippen LogP contribution is 2.39. The van der Waals surface area contributed by atoms with E-state index in [9.17, 15) is 0 Å². The van der Waals surface area contributed by atoms with Crippen LogP contribution >= 0.6 is 0 Å². The van der Waals surface area contributed by atoms with E-state index in [0.29, 0.717) is 5.92 Å². The zero-order chi connectivity index (χ0) is 7.68. The van der Waals surface area contributed by atoms with Crippen LogP contribution < -0.4 is 0 Å². The second kappa shape index (κ2) is 2.70. The number of nitrogens with zero attached hydrogens (tertiary/aromatic N) is 1. The molecular weight excluding hydrogens is 134 g/mol. The number of allylic oxidation sites excluding steroid dienone is 2. The molecule has 0 amide bonds. The SMILES string of the molecule is N#CC1CC=C2CCCC2C1. The van der Waals surface area contributed by atoms with Crippen molar-refractivity contribution in [1.82, 2.24) is 0 Å². The third kappa shape index (κ3) is 1.18. The summed E-state index contributed by atoms with van der Waals surface area (Å²) in [6, 6.07) is 2.37. The van der Waals surface area contributed by atoms with Gasteiger partial charge < -0.3 is 0 Å². The van der Waals surface area contributed by atoms with E-state index in [4.69, 9.17) is 5.26 Å². The molecule has 1 heteroatoms. The van der Waals surface area contributed by atoms with Gasteiger partial charge in [0.25, 0.3) is 0 Å². The lowest BCUT2D eigenvalue weighted by Gasteiger charge is -2.20. The Morgan fingerprint density at radius 3 is 3.27 bits per heavy atom. The van der Waals surface area contributed by atoms with Crippen molar-refractivity contribution in [2.24, 2.45) is 11.8 Å². The molecule has 58 valence electrons. The van der Waals surface area contributed by atoms with Gasteiger partial charge in [-0.25, -0.2) is 0 Å². The summed E-state index contributed by atoms with van der Waals surface area (Å²) in [6.45, 7) is 0. The molecule has 1 fully saturated rings. The Hall–Kier alpha value is -0.770. The largest absolute Gasteiger partial charge is 0.198 e. The van der Waals surface area contributed by atoms with Crippen LogP contribution in [0, 0.1) is 23.2 Å². The summed E-state index contributed by atoms with van der Waals surface area (Å²) in [4.78, 5) is 0. The molecule has 0 saturated heterocycles. The van der Waals surface area contributed by atoms with Crippen LogP contribution in [-0.4, -0.2) is 0 Å². The molecule has 0 heterocycles. The molecule has 2 aliphatic carbocycles. The van der Waals surface area contributed by atoms with Gasteiger partial charge in [0.15, 0.2) is 0 Å². The first kappa shape index (κ1) is 6.91. The summed E-state index contributed by atoms with van der Waals surface area (Å²) in [6.07, 6.45) is 8.47.